The average molecular weight is 362 g/mol. The zero-order valence-corrected chi connectivity index (χ0v) is 15.0. The van der Waals surface area contributed by atoms with Gasteiger partial charge in [-0.15, -0.1) is 12.4 Å². The van der Waals surface area contributed by atoms with Gasteiger partial charge in [-0.3, -0.25) is 0 Å². The second-order valence-corrected chi connectivity index (χ2v) is 6.00. The molecule has 0 aliphatic rings. The largest absolute Gasteiger partial charge is 0.493 e. The number of nitrogens with two attached hydrogens (primary N) is 1. The van der Waals surface area contributed by atoms with Crippen LogP contribution in [0.5, 0.6) is 11.5 Å². The van der Waals surface area contributed by atoms with Gasteiger partial charge in [0.05, 0.1) is 13.2 Å². The Bertz CT molecular complexity index is 747. The molecule has 0 unspecified atom stereocenters. The van der Waals surface area contributed by atoms with E-state index in [1.807, 2.05) is 60.0 Å². The zero-order valence-electron chi connectivity index (χ0n) is 13.3. The predicted octanol–water partition coefficient (Wildman–Crippen LogP) is 4.81. The topological polar surface area (TPSA) is 44.5 Å². The minimum atomic E-state index is -0.161. The number of benzene rings is 2. The molecule has 3 nitrogen and oxygen atoms in total. The Morgan fingerprint density at radius 1 is 1.00 bits per heavy atom. The number of hydrogen-bond acceptors (Lipinski definition) is 4. The maximum atomic E-state index is 6.34. The number of halogens is 1. The summed E-state index contributed by atoms with van der Waals surface area (Å²) >= 11 is 1.65. The highest BCUT2D eigenvalue weighted by molar-refractivity contribution is 7.08. The second-order valence-electron chi connectivity index (χ2n) is 5.22. The predicted molar refractivity (Wildman–Crippen MR) is 101 cm³/mol. The number of thiophene rings is 1. The molecule has 0 aliphatic carbocycles. The van der Waals surface area contributed by atoms with E-state index in [4.69, 9.17) is 15.2 Å². The van der Waals surface area contributed by atoms with Gasteiger partial charge >= 0.3 is 0 Å². The molecule has 0 saturated carbocycles. The van der Waals surface area contributed by atoms with Crippen LogP contribution < -0.4 is 15.2 Å². The summed E-state index contributed by atoms with van der Waals surface area (Å²) in [6.07, 6.45) is 0. The van der Waals surface area contributed by atoms with Gasteiger partial charge in [-0.05, 0) is 45.6 Å². The summed E-state index contributed by atoms with van der Waals surface area (Å²) in [6.45, 7) is 0.494. The Labute approximate surface area is 152 Å². The van der Waals surface area contributed by atoms with Gasteiger partial charge in [0, 0.05) is 0 Å². The summed E-state index contributed by atoms with van der Waals surface area (Å²) in [6, 6.07) is 17.8. The third-order valence-corrected chi connectivity index (χ3v) is 4.39. The highest BCUT2D eigenvalue weighted by atomic mass is 35.5. The fraction of sp³-hybridized carbons (Fsp3) is 0.158. The molecular weight excluding hydrogens is 342 g/mol. The van der Waals surface area contributed by atoms with E-state index in [1.54, 1.807) is 18.4 Å². The SMILES string of the molecule is COc1ccc([C@@H](N)c2ccsc2)cc1OCc1ccccc1.Cl. The first-order valence-electron chi connectivity index (χ1n) is 7.40. The minimum Gasteiger partial charge on any atom is -0.493 e. The van der Waals surface area contributed by atoms with Gasteiger partial charge in [-0.25, -0.2) is 0 Å². The molecule has 1 heterocycles. The van der Waals surface area contributed by atoms with Crippen molar-refractivity contribution in [3.05, 3.63) is 82.0 Å². The van der Waals surface area contributed by atoms with Crippen molar-refractivity contribution in [3.63, 3.8) is 0 Å². The summed E-state index contributed by atoms with van der Waals surface area (Å²) in [5, 5.41) is 4.10. The van der Waals surface area contributed by atoms with E-state index in [-0.39, 0.29) is 18.4 Å². The van der Waals surface area contributed by atoms with Crippen LogP contribution in [0.15, 0.2) is 65.4 Å². The van der Waals surface area contributed by atoms with Crippen molar-refractivity contribution in [1.82, 2.24) is 0 Å². The van der Waals surface area contributed by atoms with Crippen LogP contribution in [-0.2, 0) is 6.61 Å². The molecule has 24 heavy (non-hydrogen) atoms. The fourth-order valence-electron chi connectivity index (χ4n) is 2.38. The van der Waals surface area contributed by atoms with Gasteiger partial charge in [-0.1, -0.05) is 36.4 Å². The molecule has 0 bridgehead atoms. The highest BCUT2D eigenvalue weighted by Crippen LogP contribution is 2.32. The zero-order chi connectivity index (χ0) is 16.1. The van der Waals surface area contributed by atoms with Crippen LogP contribution >= 0.6 is 23.7 Å². The van der Waals surface area contributed by atoms with Crippen LogP contribution in [-0.4, -0.2) is 7.11 Å². The normalized spacial score (nSPS) is 11.4. The molecule has 1 atom stereocenters. The van der Waals surface area contributed by atoms with Gasteiger partial charge in [0.1, 0.15) is 6.61 Å². The Morgan fingerprint density at radius 2 is 1.79 bits per heavy atom. The first-order valence-corrected chi connectivity index (χ1v) is 8.34. The van der Waals surface area contributed by atoms with Crippen molar-refractivity contribution in [3.8, 4) is 11.5 Å². The van der Waals surface area contributed by atoms with E-state index >= 15 is 0 Å². The van der Waals surface area contributed by atoms with Crippen molar-refractivity contribution in [2.24, 2.45) is 5.73 Å². The van der Waals surface area contributed by atoms with E-state index in [2.05, 4.69) is 5.38 Å². The van der Waals surface area contributed by atoms with Crippen molar-refractivity contribution in [2.45, 2.75) is 12.6 Å². The van der Waals surface area contributed by atoms with E-state index in [9.17, 15) is 0 Å². The Hall–Kier alpha value is -2.01. The summed E-state index contributed by atoms with van der Waals surface area (Å²) in [5.41, 5.74) is 9.56. The lowest BCUT2D eigenvalue weighted by Crippen LogP contribution is -2.11. The Morgan fingerprint density at radius 3 is 2.46 bits per heavy atom. The lowest BCUT2D eigenvalue weighted by Gasteiger charge is -2.15. The van der Waals surface area contributed by atoms with Crippen LogP contribution in [0.1, 0.15) is 22.7 Å². The lowest BCUT2D eigenvalue weighted by atomic mass is 10.0. The minimum absolute atomic E-state index is 0. The van der Waals surface area contributed by atoms with Crippen molar-refractivity contribution in [2.75, 3.05) is 7.11 Å². The first-order chi connectivity index (χ1) is 11.3. The van der Waals surface area contributed by atoms with Gasteiger partial charge in [0.15, 0.2) is 11.5 Å². The number of rotatable bonds is 6. The molecule has 1 aromatic heterocycles. The number of methoxy groups -OCH3 is 1. The van der Waals surface area contributed by atoms with E-state index in [0.717, 1.165) is 16.7 Å². The Kier molecular flexibility index (Phi) is 6.67. The monoisotopic (exact) mass is 361 g/mol. The van der Waals surface area contributed by atoms with Crippen LogP contribution in [0.4, 0.5) is 0 Å². The van der Waals surface area contributed by atoms with Crippen molar-refractivity contribution < 1.29 is 9.47 Å². The quantitative estimate of drug-likeness (QED) is 0.685. The third kappa shape index (κ3) is 4.29. The molecule has 5 heteroatoms. The average Bonchev–Trinajstić information content (AvgIpc) is 3.14. The van der Waals surface area contributed by atoms with Crippen LogP contribution in [0, 0.1) is 0 Å². The summed E-state index contributed by atoms with van der Waals surface area (Å²) in [4.78, 5) is 0. The molecular formula is C19H20ClNO2S. The van der Waals surface area contributed by atoms with Gasteiger partial charge < -0.3 is 15.2 Å². The van der Waals surface area contributed by atoms with Crippen molar-refractivity contribution in [1.29, 1.82) is 0 Å². The molecule has 3 rings (SSSR count). The van der Waals surface area contributed by atoms with Crippen LogP contribution in [0.2, 0.25) is 0 Å². The lowest BCUT2D eigenvalue weighted by molar-refractivity contribution is 0.284. The Balaban J connectivity index is 0.00000208. The summed E-state index contributed by atoms with van der Waals surface area (Å²) in [5.74, 6) is 1.42. The maximum absolute atomic E-state index is 6.34. The molecule has 3 aromatic rings. The van der Waals surface area contributed by atoms with Crippen molar-refractivity contribution >= 4 is 23.7 Å². The van der Waals surface area contributed by atoms with Crippen LogP contribution in [0.3, 0.4) is 0 Å². The molecule has 2 aromatic carbocycles. The highest BCUT2D eigenvalue weighted by Gasteiger charge is 2.13. The fourth-order valence-corrected chi connectivity index (χ4v) is 3.08. The van der Waals surface area contributed by atoms with E-state index in [0.29, 0.717) is 18.1 Å². The van der Waals surface area contributed by atoms with E-state index < -0.39 is 0 Å². The van der Waals surface area contributed by atoms with Gasteiger partial charge in [0.2, 0.25) is 0 Å². The molecule has 0 aliphatic heterocycles. The molecule has 0 fully saturated rings. The third-order valence-electron chi connectivity index (χ3n) is 3.69. The van der Waals surface area contributed by atoms with Crippen LogP contribution in [0.25, 0.3) is 0 Å². The molecule has 2 N–H and O–H groups in total. The number of ether oxygens (including phenoxy) is 2. The second kappa shape index (κ2) is 8.73. The molecule has 126 valence electrons. The van der Waals surface area contributed by atoms with E-state index in [1.165, 1.54) is 0 Å². The molecule has 0 amide bonds. The standard InChI is InChI=1S/C19H19NO2S.ClH/c1-21-17-8-7-15(19(20)16-9-10-23-13-16)11-18(17)22-12-14-5-3-2-4-6-14;/h2-11,13,19H,12,20H2,1H3;1H/t19-;/m1./s1. The first kappa shape index (κ1) is 18.3. The van der Waals surface area contributed by atoms with Gasteiger partial charge in [0.25, 0.3) is 0 Å². The summed E-state index contributed by atoms with van der Waals surface area (Å²) in [7, 11) is 1.64. The smallest absolute Gasteiger partial charge is 0.162 e. The maximum Gasteiger partial charge on any atom is 0.162 e. The van der Waals surface area contributed by atoms with Gasteiger partial charge in [-0.2, -0.15) is 11.3 Å². The molecule has 0 saturated heterocycles. The number of hydrogen-bond donors (Lipinski definition) is 1. The summed E-state index contributed by atoms with van der Waals surface area (Å²) < 4.78 is 11.3. The molecule has 0 spiro atoms. The molecule has 0 radical (unpaired) electrons.